The van der Waals surface area contributed by atoms with Crippen molar-refractivity contribution in [1.29, 1.82) is 0 Å². The van der Waals surface area contributed by atoms with Crippen LogP contribution in [0.5, 0.6) is 0 Å². The van der Waals surface area contributed by atoms with Gasteiger partial charge in [0.1, 0.15) is 0 Å². The molecule has 0 bridgehead atoms. The highest BCUT2D eigenvalue weighted by atomic mass is 32.1. The van der Waals surface area contributed by atoms with E-state index in [2.05, 4.69) is 39.1 Å². The van der Waals surface area contributed by atoms with Crippen molar-refractivity contribution in [2.45, 2.75) is 50.0 Å². The van der Waals surface area contributed by atoms with Gasteiger partial charge in [0.2, 0.25) is 0 Å². The first-order valence-electron chi connectivity index (χ1n) is 4.95. The van der Waals surface area contributed by atoms with Crippen LogP contribution in [-0.4, -0.2) is 10.5 Å². The van der Waals surface area contributed by atoms with Crippen molar-refractivity contribution >= 4 is 25.3 Å². The molecule has 0 saturated heterocycles. The number of hydrogen-bond donors (Lipinski definition) is 2. The summed E-state index contributed by atoms with van der Waals surface area (Å²) in [6, 6.07) is 0. The van der Waals surface area contributed by atoms with Gasteiger partial charge in [-0.05, 0) is 36.3 Å². The first-order chi connectivity index (χ1) is 5.59. The van der Waals surface area contributed by atoms with Gasteiger partial charge in [0.15, 0.2) is 0 Å². The molecule has 0 amide bonds. The Hall–Kier alpha value is 0.700. The lowest BCUT2D eigenvalue weighted by atomic mass is 9.80. The molecule has 1 rings (SSSR count). The van der Waals surface area contributed by atoms with Gasteiger partial charge in [0.05, 0.1) is 0 Å². The van der Waals surface area contributed by atoms with Crippen LogP contribution >= 0.6 is 25.3 Å². The Morgan fingerprint density at radius 2 is 2.08 bits per heavy atom. The van der Waals surface area contributed by atoms with E-state index in [-0.39, 0.29) is 0 Å². The monoisotopic (exact) mass is 204 g/mol. The second-order valence-electron chi connectivity index (χ2n) is 4.31. The van der Waals surface area contributed by atoms with Crippen molar-refractivity contribution in [3.8, 4) is 0 Å². The third kappa shape index (κ3) is 3.21. The topological polar surface area (TPSA) is 0 Å². The molecule has 0 aromatic carbocycles. The van der Waals surface area contributed by atoms with E-state index >= 15 is 0 Å². The molecule has 0 aromatic rings. The Morgan fingerprint density at radius 1 is 1.42 bits per heavy atom. The first-order valence-corrected chi connectivity index (χ1v) is 5.99. The Morgan fingerprint density at radius 3 is 2.58 bits per heavy atom. The Labute approximate surface area is 87.3 Å². The van der Waals surface area contributed by atoms with Crippen LogP contribution in [0.3, 0.4) is 0 Å². The fraction of sp³-hybridized carbons (Fsp3) is 1.00. The summed E-state index contributed by atoms with van der Waals surface area (Å²) in [6.07, 6.45) is 5.32. The van der Waals surface area contributed by atoms with Crippen molar-refractivity contribution in [3.05, 3.63) is 0 Å². The van der Waals surface area contributed by atoms with Crippen LogP contribution in [0.15, 0.2) is 0 Å². The molecular weight excluding hydrogens is 184 g/mol. The molecule has 1 saturated carbocycles. The molecular formula is C10H20S2. The summed E-state index contributed by atoms with van der Waals surface area (Å²) in [4.78, 5) is 0. The fourth-order valence-corrected chi connectivity index (χ4v) is 2.82. The van der Waals surface area contributed by atoms with Gasteiger partial charge in [-0.3, -0.25) is 0 Å². The van der Waals surface area contributed by atoms with Crippen molar-refractivity contribution in [2.75, 3.05) is 0 Å². The molecule has 0 aromatic heterocycles. The summed E-state index contributed by atoms with van der Waals surface area (Å²) >= 11 is 9.05. The van der Waals surface area contributed by atoms with Crippen molar-refractivity contribution in [1.82, 2.24) is 0 Å². The molecule has 4 atom stereocenters. The second-order valence-corrected chi connectivity index (χ2v) is 5.85. The van der Waals surface area contributed by atoms with Crippen molar-refractivity contribution in [3.63, 3.8) is 0 Å². The van der Waals surface area contributed by atoms with Crippen LogP contribution in [0, 0.1) is 11.8 Å². The van der Waals surface area contributed by atoms with Gasteiger partial charge < -0.3 is 0 Å². The second kappa shape index (κ2) is 4.80. The largest absolute Gasteiger partial charge is 0.176 e. The van der Waals surface area contributed by atoms with Crippen LogP contribution in [-0.2, 0) is 0 Å². The van der Waals surface area contributed by atoms with Crippen LogP contribution in [0.25, 0.3) is 0 Å². The zero-order valence-electron chi connectivity index (χ0n) is 8.03. The zero-order chi connectivity index (χ0) is 9.14. The van der Waals surface area contributed by atoms with E-state index in [4.69, 9.17) is 0 Å². The van der Waals surface area contributed by atoms with Gasteiger partial charge >= 0.3 is 0 Å². The van der Waals surface area contributed by atoms with Gasteiger partial charge in [-0.15, -0.1) is 0 Å². The molecule has 2 heteroatoms. The molecule has 0 radical (unpaired) electrons. The van der Waals surface area contributed by atoms with E-state index < -0.39 is 0 Å². The molecule has 0 N–H and O–H groups in total. The quantitative estimate of drug-likeness (QED) is 0.633. The van der Waals surface area contributed by atoms with E-state index in [1.54, 1.807) is 0 Å². The Balaban J connectivity index is 2.30. The van der Waals surface area contributed by atoms with Gasteiger partial charge in [0.25, 0.3) is 0 Å². The third-order valence-corrected chi connectivity index (χ3v) is 3.87. The summed E-state index contributed by atoms with van der Waals surface area (Å²) in [5.41, 5.74) is 0. The number of thiol groups is 2. The summed E-state index contributed by atoms with van der Waals surface area (Å²) in [5.74, 6) is 1.70. The molecule has 12 heavy (non-hydrogen) atoms. The number of hydrogen-bond acceptors (Lipinski definition) is 2. The highest BCUT2D eigenvalue weighted by Crippen LogP contribution is 2.34. The minimum Gasteiger partial charge on any atom is -0.176 e. The Kier molecular flexibility index (Phi) is 4.31. The van der Waals surface area contributed by atoms with Crippen molar-refractivity contribution < 1.29 is 0 Å². The van der Waals surface area contributed by atoms with E-state index in [1.807, 2.05) is 0 Å². The predicted molar refractivity (Wildman–Crippen MR) is 62.3 cm³/mol. The smallest absolute Gasteiger partial charge is 0.00450 e. The fourth-order valence-electron chi connectivity index (χ4n) is 2.08. The summed E-state index contributed by atoms with van der Waals surface area (Å²) in [6.45, 7) is 4.51. The van der Waals surface area contributed by atoms with E-state index in [0.717, 1.165) is 11.8 Å². The lowest BCUT2D eigenvalue weighted by Crippen LogP contribution is -2.24. The SMILES string of the molecule is C[C@@H]1CC[C@H](C[C@@H](C)S)C[C@@H]1S. The molecule has 0 heterocycles. The summed E-state index contributed by atoms with van der Waals surface area (Å²) < 4.78 is 0. The number of rotatable bonds is 2. The predicted octanol–water partition coefficient (Wildman–Crippen LogP) is 3.43. The molecule has 1 aliphatic carbocycles. The third-order valence-electron chi connectivity index (χ3n) is 2.94. The maximum absolute atomic E-state index is 4.61. The van der Waals surface area contributed by atoms with Gasteiger partial charge in [-0.2, -0.15) is 25.3 Å². The zero-order valence-corrected chi connectivity index (χ0v) is 9.82. The van der Waals surface area contributed by atoms with Crippen LogP contribution < -0.4 is 0 Å². The van der Waals surface area contributed by atoms with Gasteiger partial charge in [-0.1, -0.05) is 20.3 Å². The Bertz CT molecular complexity index is 134. The molecule has 0 unspecified atom stereocenters. The minimum absolute atomic E-state index is 0.559. The van der Waals surface area contributed by atoms with Gasteiger partial charge in [-0.25, -0.2) is 0 Å². The van der Waals surface area contributed by atoms with E-state index in [0.29, 0.717) is 10.5 Å². The maximum Gasteiger partial charge on any atom is 0.00450 e. The van der Waals surface area contributed by atoms with Crippen LogP contribution in [0.4, 0.5) is 0 Å². The summed E-state index contributed by atoms with van der Waals surface area (Å²) in [5, 5.41) is 1.19. The van der Waals surface area contributed by atoms with E-state index in [9.17, 15) is 0 Å². The lowest BCUT2D eigenvalue weighted by Gasteiger charge is -2.32. The standard InChI is InChI=1S/C10H20S2/c1-7-3-4-9(5-8(2)11)6-10(7)12/h7-12H,3-6H2,1-2H3/t7-,8-,9-,10+/m1/s1. The molecule has 0 spiro atoms. The molecule has 1 fully saturated rings. The van der Waals surface area contributed by atoms with Gasteiger partial charge in [0, 0.05) is 5.25 Å². The summed E-state index contributed by atoms with van der Waals surface area (Å²) in [7, 11) is 0. The molecule has 0 aliphatic heterocycles. The molecule has 1 aliphatic rings. The molecule has 72 valence electrons. The van der Waals surface area contributed by atoms with Crippen molar-refractivity contribution in [2.24, 2.45) is 11.8 Å². The van der Waals surface area contributed by atoms with E-state index in [1.165, 1.54) is 25.7 Å². The average molecular weight is 204 g/mol. The van der Waals surface area contributed by atoms with Crippen LogP contribution in [0.2, 0.25) is 0 Å². The highest BCUT2D eigenvalue weighted by Gasteiger charge is 2.25. The molecule has 0 nitrogen and oxygen atoms in total. The average Bonchev–Trinajstić information content (AvgIpc) is 1.96. The maximum atomic E-state index is 4.61. The minimum atomic E-state index is 0.559. The van der Waals surface area contributed by atoms with Crippen LogP contribution in [0.1, 0.15) is 39.5 Å². The first kappa shape index (κ1) is 10.8. The lowest BCUT2D eigenvalue weighted by molar-refractivity contribution is 0.288. The normalized spacial score (nSPS) is 39.5. The highest BCUT2D eigenvalue weighted by molar-refractivity contribution is 7.81.